The van der Waals surface area contributed by atoms with Crippen molar-refractivity contribution < 1.29 is 179 Å². The van der Waals surface area contributed by atoms with Gasteiger partial charge >= 0.3 is 0 Å². The highest BCUT2D eigenvalue weighted by Gasteiger charge is 2.58. The molecule has 6 rings (SSSR count). The third kappa shape index (κ3) is 15.8. The van der Waals surface area contributed by atoms with Crippen LogP contribution in [0.5, 0.6) is 0 Å². The first-order chi connectivity index (χ1) is 39.7. The van der Waals surface area contributed by atoms with Gasteiger partial charge < -0.3 is 180 Å². The number of ether oxygens (including phenoxy) is 12. The molecule has 6 aliphatic heterocycles. The van der Waals surface area contributed by atoms with Crippen molar-refractivity contribution in [1.82, 2.24) is 10.6 Å². The van der Waals surface area contributed by atoms with E-state index >= 15 is 0 Å². The summed E-state index contributed by atoms with van der Waals surface area (Å²) in [4.78, 5) is 24.7. The first kappa shape index (κ1) is 70.7. The number of hydrogen-bond acceptors (Lipinski definition) is 36. The number of amides is 2. The molecule has 0 aliphatic carbocycles. The number of aliphatic hydroxyl groups excluding tert-OH is 22. The molecule has 0 aromatic carbocycles. The van der Waals surface area contributed by atoms with E-state index in [1.165, 1.54) is 0 Å². The highest BCUT2D eigenvalue weighted by Crippen LogP contribution is 2.37. The van der Waals surface area contributed by atoms with Crippen molar-refractivity contribution in [3.8, 4) is 0 Å². The predicted octanol–water partition coefficient (Wildman–Crippen LogP) is -16.4. The molecule has 0 unspecified atom stereocenters. The van der Waals surface area contributed by atoms with Gasteiger partial charge in [0.15, 0.2) is 37.7 Å². The van der Waals surface area contributed by atoms with E-state index in [2.05, 4.69) is 10.6 Å². The van der Waals surface area contributed by atoms with Crippen LogP contribution in [0.2, 0.25) is 0 Å². The molecule has 0 radical (unpaired) electrons. The summed E-state index contributed by atoms with van der Waals surface area (Å²) in [5.74, 6) is -1.73. The quantitative estimate of drug-likeness (QED) is 0.0404. The van der Waals surface area contributed by atoms with Gasteiger partial charge in [-0.05, 0) is 0 Å². The molecule has 38 nitrogen and oxygen atoms in total. The summed E-state index contributed by atoms with van der Waals surface area (Å²) in [7, 11) is 0. The van der Waals surface area contributed by atoms with Crippen LogP contribution in [-0.4, -0.2) is 386 Å². The van der Waals surface area contributed by atoms with Crippen LogP contribution in [0.15, 0.2) is 0 Å². The Kier molecular flexibility index (Phi) is 26.4. The monoisotopic (exact) mass is 1240 g/mol. The van der Waals surface area contributed by atoms with Crippen LogP contribution in [0.25, 0.3) is 0 Å². The van der Waals surface area contributed by atoms with Crippen molar-refractivity contribution >= 4 is 11.8 Å². The van der Waals surface area contributed by atoms with E-state index < -0.39 is 273 Å². The van der Waals surface area contributed by atoms with Crippen molar-refractivity contribution in [2.24, 2.45) is 0 Å². The molecular weight excluding hydrogens is 1160 g/mol. The second kappa shape index (κ2) is 31.4. The number of hydrogen-bond donors (Lipinski definition) is 24. The number of carbonyl (C=O) groups is 2. The maximum atomic E-state index is 12.7. The molecule has 6 fully saturated rings. The molecule has 6 aliphatic rings. The van der Waals surface area contributed by atoms with Crippen LogP contribution in [0.4, 0.5) is 0 Å². The van der Waals surface area contributed by atoms with Crippen molar-refractivity contribution in [3.63, 3.8) is 0 Å². The van der Waals surface area contributed by atoms with Crippen molar-refractivity contribution in [3.05, 3.63) is 0 Å². The average Bonchev–Trinajstić information content (AvgIpc) is 3.57. The highest BCUT2D eigenvalue weighted by molar-refractivity contribution is 5.73. The molecule has 6 saturated heterocycles. The minimum atomic E-state index is -2.45. The molecule has 2 amide bonds. The lowest BCUT2D eigenvalue weighted by Gasteiger charge is -2.50. The van der Waals surface area contributed by atoms with E-state index in [4.69, 9.17) is 56.8 Å². The molecule has 0 aromatic rings. The van der Waals surface area contributed by atoms with E-state index in [1.54, 1.807) is 0 Å². The van der Waals surface area contributed by atoms with Gasteiger partial charge in [-0.1, -0.05) is 0 Å². The van der Waals surface area contributed by atoms with Crippen LogP contribution in [0, 0.1) is 0 Å². The molecule has 490 valence electrons. The lowest BCUT2D eigenvalue weighted by Crippen LogP contribution is -2.70. The summed E-state index contributed by atoms with van der Waals surface area (Å²) in [5.41, 5.74) is 0. The summed E-state index contributed by atoms with van der Waals surface area (Å²) >= 11 is 0. The minimum Gasteiger partial charge on any atom is -0.394 e. The normalized spacial score (nSPS) is 46.4. The fraction of sp³-hybridized carbons (Fsp3) is 0.957. The molecule has 0 bridgehead atoms. The Morgan fingerprint density at radius 3 is 1.31 bits per heavy atom. The lowest BCUT2D eigenvalue weighted by molar-refractivity contribution is -0.394. The van der Waals surface area contributed by atoms with Crippen LogP contribution >= 0.6 is 0 Å². The van der Waals surface area contributed by atoms with Gasteiger partial charge in [0.2, 0.25) is 11.8 Å². The lowest BCUT2D eigenvalue weighted by atomic mass is 9.94. The molecule has 0 aromatic heterocycles. The highest BCUT2D eigenvalue weighted by atomic mass is 16.8. The molecule has 34 atom stereocenters. The summed E-state index contributed by atoms with van der Waals surface area (Å²) in [5, 5.41) is 241. The fourth-order valence-electron chi connectivity index (χ4n) is 10.3. The SMILES string of the molecule is CC(=O)N[C@H]1[C@H](O[C@@H]2[C@@H](O[C@@H]3[C@H](O)[C@H](O[C@@H]([C@H](O)[C@H](CO)NC(C)=O)[C@H](O)CO)O[C@H](CO[C@H]4O[C@H](CO)[C@@H](O)[C@H](O[C@H]5O[C@H](CO)[C@@H](O)[C@H](O)[C@@H]5O)[C@@H]4O)[C@H]3O)O[C@H](CO)[C@@H](O)[C@@H]2O)O[C@H](CO)[C@@H](O[C@@H]2O[C@H](CO)[C@H](O)[C@H](O)[C@H]2O)[C@@H]1O. The Balaban J connectivity index is 1.32. The Bertz CT molecular complexity index is 2010. The molecule has 0 spiro atoms. The fourth-order valence-corrected chi connectivity index (χ4v) is 10.3. The van der Waals surface area contributed by atoms with E-state index in [0.29, 0.717) is 0 Å². The Morgan fingerprint density at radius 2 is 0.821 bits per heavy atom. The topological polar surface area (TPSA) is 614 Å². The Morgan fingerprint density at radius 1 is 0.405 bits per heavy atom. The second-order valence-electron chi connectivity index (χ2n) is 20.8. The van der Waals surface area contributed by atoms with Crippen molar-refractivity contribution in [2.75, 3.05) is 52.9 Å². The van der Waals surface area contributed by atoms with Gasteiger partial charge in [0.25, 0.3) is 0 Å². The van der Waals surface area contributed by atoms with E-state index in [1.807, 2.05) is 0 Å². The average molecular weight is 1240 g/mol. The molecular formula is C46H80N2O36. The third-order valence-electron chi connectivity index (χ3n) is 15.0. The smallest absolute Gasteiger partial charge is 0.217 e. The number of nitrogens with one attached hydrogen (secondary N) is 2. The van der Waals surface area contributed by atoms with Crippen LogP contribution < -0.4 is 10.6 Å². The summed E-state index contributed by atoms with van der Waals surface area (Å²) < 4.78 is 68.8. The maximum absolute atomic E-state index is 12.7. The molecule has 6 heterocycles. The summed E-state index contributed by atoms with van der Waals surface area (Å²) in [6.45, 7) is -6.41. The first-order valence-corrected chi connectivity index (χ1v) is 26.5. The second-order valence-corrected chi connectivity index (χ2v) is 20.8. The van der Waals surface area contributed by atoms with Crippen molar-refractivity contribution in [1.29, 1.82) is 0 Å². The van der Waals surface area contributed by atoms with Gasteiger partial charge in [0.1, 0.15) is 165 Å². The van der Waals surface area contributed by atoms with Gasteiger partial charge in [-0.3, -0.25) is 9.59 Å². The number of carbonyl (C=O) groups excluding carboxylic acids is 2. The van der Waals surface area contributed by atoms with Gasteiger partial charge in [-0.15, -0.1) is 0 Å². The molecule has 84 heavy (non-hydrogen) atoms. The van der Waals surface area contributed by atoms with Gasteiger partial charge in [-0.2, -0.15) is 0 Å². The minimum absolute atomic E-state index is 0.820. The number of aliphatic hydroxyl groups is 22. The van der Waals surface area contributed by atoms with Gasteiger partial charge in [0.05, 0.1) is 58.9 Å². The number of rotatable bonds is 25. The summed E-state index contributed by atoms with van der Waals surface area (Å²) in [6, 6.07) is -3.53. The summed E-state index contributed by atoms with van der Waals surface area (Å²) in [6.07, 6.45) is -65.3. The maximum Gasteiger partial charge on any atom is 0.217 e. The zero-order chi connectivity index (χ0) is 62.3. The largest absolute Gasteiger partial charge is 0.394 e. The van der Waals surface area contributed by atoms with Crippen molar-refractivity contribution in [2.45, 2.75) is 222 Å². The standard InChI is InChI=1S/C46H80N2O36/c1-11(56)47-13(3-49)22(59)36(14(58)4-50)80-45-35(72)39(27(64)20(79-45)10-73-42-34(71)38(26(63)18(8-54)74-42)82-44-33(70)30(67)24(61)16(6-52)76-44)83-46-40(31(68)25(62)17(7-53)77-46)84-41-21(48-12(2)57)28(65)37(19(9-55)78-41)81-43-32(69)29(66)23(60)15(5-51)75-43/h13-46,49-55,58-72H,3-10H2,1-2H3,(H,47,56)(H,48,57)/t13-,14+,15+,16+,17+,18+,19+,20+,21+,22+,23-,24+,25+,26+,27+,28+,29-,30-,31-,32+,33-,34-,35-,36+,37+,38-,39-,40-,41-,42-,43-,44+,45-,46+/m0/s1. The Labute approximate surface area is 475 Å². The van der Waals surface area contributed by atoms with E-state index in [9.17, 15) is 122 Å². The molecule has 0 saturated carbocycles. The van der Waals surface area contributed by atoms with Crippen LogP contribution in [0.1, 0.15) is 13.8 Å². The van der Waals surface area contributed by atoms with Crippen LogP contribution in [0.3, 0.4) is 0 Å². The van der Waals surface area contributed by atoms with Gasteiger partial charge in [0, 0.05) is 13.8 Å². The van der Waals surface area contributed by atoms with E-state index in [-0.39, 0.29) is 0 Å². The zero-order valence-electron chi connectivity index (χ0n) is 44.8. The first-order valence-electron chi connectivity index (χ1n) is 26.5. The van der Waals surface area contributed by atoms with E-state index in [0.717, 1.165) is 13.8 Å². The predicted molar refractivity (Wildman–Crippen MR) is 257 cm³/mol. The Hall–Kier alpha value is -2.42. The third-order valence-corrected chi connectivity index (χ3v) is 15.0. The van der Waals surface area contributed by atoms with Gasteiger partial charge in [-0.25, -0.2) is 0 Å². The molecule has 38 heteroatoms. The molecule has 24 N–H and O–H groups in total. The zero-order valence-corrected chi connectivity index (χ0v) is 44.8. The van der Waals surface area contributed by atoms with Crippen LogP contribution in [-0.2, 0) is 66.4 Å².